The third-order valence-electron chi connectivity index (χ3n) is 13.6. The molecule has 1 heterocycles. The first-order chi connectivity index (χ1) is 29.8. The van der Waals surface area contributed by atoms with Crippen LogP contribution in [-0.4, -0.2) is 28.3 Å². The maximum Gasteiger partial charge on any atom is 0.164 e. The van der Waals surface area contributed by atoms with Crippen LogP contribution in [0.1, 0.15) is 36.8 Å². The van der Waals surface area contributed by atoms with Crippen LogP contribution in [-0.2, 0) is 9.98 Å². The number of fused-ring (bicyclic) bond motifs is 4. The maximum absolute atomic E-state index is 13.8. The summed E-state index contributed by atoms with van der Waals surface area (Å²) in [5, 5.41) is 5.45. The molecule has 0 spiro atoms. The Morgan fingerprint density at radius 1 is 0.459 bits per heavy atom. The molecule has 0 radical (unpaired) electrons. The molecule has 0 saturated heterocycles. The predicted molar refractivity (Wildman–Crippen MR) is 254 cm³/mol. The van der Waals surface area contributed by atoms with Crippen molar-refractivity contribution in [1.29, 1.82) is 0 Å². The Bertz CT molecular complexity index is 3080. The van der Waals surface area contributed by atoms with Crippen molar-refractivity contribution in [2.45, 2.75) is 31.1 Å². The largest absolute Gasteiger partial charge is 0.319 e. The molecule has 11 rings (SSSR count). The summed E-state index contributed by atoms with van der Waals surface area (Å²) in [6.45, 7) is 3.79. The van der Waals surface area contributed by atoms with Gasteiger partial charge in [0.05, 0.1) is 0 Å². The van der Waals surface area contributed by atoms with E-state index in [-0.39, 0.29) is 5.41 Å². The van der Waals surface area contributed by atoms with Gasteiger partial charge in [0.2, 0.25) is 0 Å². The topological polar surface area (TPSA) is 55.7 Å². The third-order valence-corrected chi connectivity index (χ3v) is 15.1. The van der Waals surface area contributed by atoms with E-state index < -0.39 is 7.14 Å². The molecule has 5 heteroatoms. The molecule has 2 aliphatic rings. The monoisotopic (exact) mass is 807 g/mol. The molecular formula is C56H46N3OP. The van der Waals surface area contributed by atoms with Crippen molar-refractivity contribution in [2.75, 3.05) is 13.3 Å². The zero-order chi connectivity index (χ0) is 41.1. The molecule has 3 unspecified atom stereocenters. The molecule has 8 aromatic carbocycles. The average Bonchev–Trinajstić information content (AvgIpc) is 3.94. The number of nitrogens with zero attached hydrogens (tertiary/aromatic N) is 3. The lowest BCUT2D eigenvalue weighted by Crippen LogP contribution is -2.34. The van der Waals surface area contributed by atoms with Crippen molar-refractivity contribution in [3.05, 3.63) is 193 Å². The molecule has 2 bridgehead atoms. The zero-order valence-electron chi connectivity index (χ0n) is 34.5. The summed E-state index contributed by atoms with van der Waals surface area (Å²) in [6.07, 6.45) is 4.99. The highest BCUT2D eigenvalue weighted by Crippen LogP contribution is 2.60. The lowest BCUT2D eigenvalue weighted by atomic mass is 9.64. The highest BCUT2D eigenvalue weighted by molar-refractivity contribution is 7.71. The van der Waals surface area contributed by atoms with E-state index in [9.17, 15) is 4.57 Å². The van der Waals surface area contributed by atoms with E-state index in [1.165, 1.54) is 41.5 Å². The number of benzene rings is 8. The van der Waals surface area contributed by atoms with Crippen LogP contribution in [0, 0.1) is 11.8 Å². The molecular weight excluding hydrogens is 762 g/mol. The number of aromatic nitrogens is 3. The van der Waals surface area contributed by atoms with Crippen LogP contribution in [0.2, 0.25) is 0 Å². The van der Waals surface area contributed by atoms with Gasteiger partial charge in [0.1, 0.15) is 7.14 Å². The van der Waals surface area contributed by atoms with Gasteiger partial charge in [-0.2, -0.15) is 0 Å². The van der Waals surface area contributed by atoms with Crippen molar-refractivity contribution >= 4 is 34.0 Å². The van der Waals surface area contributed by atoms with Gasteiger partial charge < -0.3 is 4.57 Å². The van der Waals surface area contributed by atoms with Crippen LogP contribution in [0.5, 0.6) is 0 Å². The molecule has 61 heavy (non-hydrogen) atoms. The molecule has 0 N–H and O–H groups in total. The normalized spacial score (nSPS) is 18.5. The molecule has 4 nitrogen and oxygen atoms in total. The number of rotatable bonds is 8. The molecule has 0 amide bonds. The number of hydrogen-bond acceptors (Lipinski definition) is 4. The van der Waals surface area contributed by atoms with Crippen LogP contribution in [0.25, 0.3) is 78.0 Å². The minimum atomic E-state index is -2.57. The van der Waals surface area contributed by atoms with Gasteiger partial charge in [-0.05, 0) is 99.4 Å². The van der Waals surface area contributed by atoms with Gasteiger partial charge in [0.25, 0.3) is 0 Å². The van der Waals surface area contributed by atoms with Crippen LogP contribution in [0.4, 0.5) is 0 Å². The van der Waals surface area contributed by atoms with E-state index in [4.69, 9.17) is 15.0 Å². The van der Waals surface area contributed by atoms with E-state index in [1.54, 1.807) is 0 Å². The molecule has 1 aromatic heterocycles. The summed E-state index contributed by atoms with van der Waals surface area (Å²) in [6, 6.07) is 64.7. The second-order valence-corrected chi connectivity index (χ2v) is 20.6. The summed E-state index contributed by atoms with van der Waals surface area (Å²) >= 11 is 0. The van der Waals surface area contributed by atoms with Crippen molar-refractivity contribution in [1.82, 2.24) is 15.0 Å². The minimum Gasteiger partial charge on any atom is -0.319 e. The molecule has 0 aliphatic heterocycles. The summed E-state index contributed by atoms with van der Waals surface area (Å²) in [5.41, 5.74) is 10.2. The Kier molecular flexibility index (Phi) is 9.17. The maximum atomic E-state index is 13.8. The van der Waals surface area contributed by atoms with E-state index >= 15 is 0 Å². The van der Waals surface area contributed by atoms with E-state index in [0.717, 1.165) is 67.0 Å². The third kappa shape index (κ3) is 6.44. The van der Waals surface area contributed by atoms with Crippen LogP contribution in [0.3, 0.4) is 0 Å². The minimum absolute atomic E-state index is 0.0703. The lowest BCUT2D eigenvalue weighted by Gasteiger charge is -2.39. The van der Waals surface area contributed by atoms with Gasteiger partial charge in [-0.1, -0.05) is 188 Å². The first kappa shape index (κ1) is 37.5. The van der Waals surface area contributed by atoms with E-state index in [0.29, 0.717) is 23.4 Å². The molecule has 296 valence electrons. The highest BCUT2D eigenvalue weighted by Gasteiger charge is 2.52. The van der Waals surface area contributed by atoms with Crippen LogP contribution in [0.15, 0.2) is 182 Å². The summed E-state index contributed by atoms with van der Waals surface area (Å²) in [7, 11) is -2.57. The molecule has 2 aliphatic carbocycles. The standard InChI is InChI=1S/C56H46N3OP/c1-61(2,60)52-48-22-12-10-20-46(48)51(47-21-11-13-23-49(47)52)39-26-31-42(32-27-39)56(36-37-25-30-44(56)35-37)43-33-28-41(29-34-43)54-57-53(40-17-7-4-8-18-40)58-55(59-54)50-24-14-9-19-45(50)38-15-5-3-6-16-38/h3-24,26-29,31-34,37,44H,25,30,35-36H2,1-2H3. The van der Waals surface area contributed by atoms with Gasteiger partial charge >= 0.3 is 0 Å². The van der Waals surface area contributed by atoms with Gasteiger partial charge in [0.15, 0.2) is 17.5 Å². The molecule has 3 atom stereocenters. The Labute approximate surface area is 357 Å². The predicted octanol–water partition coefficient (Wildman–Crippen LogP) is 13.9. The fourth-order valence-corrected chi connectivity index (χ4v) is 12.5. The van der Waals surface area contributed by atoms with Crippen LogP contribution >= 0.6 is 7.14 Å². The molecule has 2 saturated carbocycles. The zero-order valence-corrected chi connectivity index (χ0v) is 35.4. The second-order valence-electron chi connectivity index (χ2n) is 17.5. The van der Waals surface area contributed by atoms with E-state index in [1.807, 2.05) is 37.6 Å². The van der Waals surface area contributed by atoms with E-state index in [2.05, 4.69) is 158 Å². The fraction of sp³-hybridized carbons (Fsp3) is 0.161. The molecule has 9 aromatic rings. The Hall–Kier alpha value is -6.48. The van der Waals surface area contributed by atoms with Gasteiger partial charge in [-0.25, -0.2) is 15.0 Å². The average molecular weight is 808 g/mol. The number of hydrogen-bond donors (Lipinski definition) is 0. The SMILES string of the molecule is CP(C)(=O)c1c2ccccc2c(-c2ccc(C3(c4ccc(-c5nc(-c6ccccc6)nc(-c6ccccc6-c6ccccc6)n5)cc4)CC4CCC3C4)cc2)c2ccccc12. The Morgan fingerprint density at radius 2 is 0.918 bits per heavy atom. The molecule has 2 fully saturated rings. The first-order valence-electron chi connectivity index (χ1n) is 21.5. The second kappa shape index (κ2) is 14.9. The van der Waals surface area contributed by atoms with Crippen molar-refractivity contribution in [3.8, 4) is 56.4 Å². The first-order valence-corrected chi connectivity index (χ1v) is 24.1. The highest BCUT2D eigenvalue weighted by atomic mass is 31.2. The smallest absolute Gasteiger partial charge is 0.164 e. The van der Waals surface area contributed by atoms with Crippen molar-refractivity contribution < 1.29 is 4.57 Å². The summed E-state index contributed by atoms with van der Waals surface area (Å²) in [4.78, 5) is 15.4. The van der Waals surface area contributed by atoms with Crippen LogP contribution < -0.4 is 5.30 Å². The Balaban J connectivity index is 1.01. The fourth-order valence-electron chi connectivity index (χ4n) is 10.9. The van der Waals surface area contributed by atoms with Gasteiger partial charge in [-0.3, -0.25) is 0 Å². The summed E-state index contributed by atoms with van der Waals surface area (Å²) < 4.78 is 13.8. The Morgan fingerprint density at radius 3 is 1.44 bits per heavy atom. The summed E-state index contributed by atoms with van der Waals surface area (Å²) in [5.74, 6) is 3.29. The van der Waals surface area contributed by atoms with Crippen molar-refractivity contribution in [2.24, 2.45) is 11.8 Å². The van der Waals surface area contributed by atoms with Gasteiger partial charge in [-0.15, -0.1) is 0 Å². The van der Waals surface area contributed by atoms with Gasteiger partial charge in [0, 0.05) is 27.4 Å². The lowest BCUT2D eigenvalue weighted by molar-refractivity contribution is 0.320. The van der Waals surface area contributed by atoms with Crippen molar-refractivity contribution in [3.63, 3.8) is 0 Å². The quantitative estimate of drug-likeness (QED) is 0.113.